The third-order valence-corrected chi connectivity index (χ3v) is 10.6. The number of carbonyl (C=O) groups is 2. The van der Waals surface area contributed by atoms with Crippen LogP contribution in [0.4, 0.5) is 0 Å². The molecule has 2 amide bonds. The third kappa shape index (κ3) is 11.1. The Bertz CT molecular complexity index is 2000. The molecule has 1 aliphatic heterocycles. The van der Waals surface area contributed by atoms with E-state index >= 15 is 0 Å². The van der Waals surface area contributed by atoms with Crippen LogP contribution in [-0.4, -0.2) is 46.7 Å². The number of nitrogens with zero attached hydrogens (tertiary/aromatic N) is 1. The van der Waals surface area contributed by atoms with E-state index in [1.165, 1.54) is 16.3 Å². The Balaban J connectivity index is 1.09. The molecule has 288 valence electrons. The number of fused-ring (bicyclic) bond motifs is 1. The minimum absolute atomic E-state index is 0.000665. The second-order valence-corrected chi connectivity index (χ2v) is 14.6. The van der Waals surface area contributed by atoms with Gasteiger partial charge in [0.25, 0.3) is 0 Å². The summed E-state index contributed by atoms with van der Waals surface area (Å²) in [6.07, 6.45) is 3.76. The first kappa shape index (κ1) is 39.8. The van der Waals surface area contributed by atoms with Crippen LogP contribution in [0.3, 0.4) is 0 Å². The van der Waals surface area contributed by atoms with Crippen molar-refractivity contribution in [3.63, 3.8) is 0 Å². The number of rotatable bonds is 17. The molecule has 9 heteroatoms. The molecule has 5 aromatic carbocycles. The van der Waals surface area contributed by atoms with Gasteiger partial charge >= 0.3 is 0 Å². The second-order valence-electron chi connectivity index (χ2n) is 14.6. The summed E-state index contributed by atoms with van der Waals surface area (Å²) in [5, 5.41) is 23.7. The highest BCUT2D eigenvalue weighted by Gasteiger charge is 2.33. The molecule has 6 rings (SSSR count). The van der Waals surface area contributed by atoms with Crippen molar-refractivity contribution >= 4 is 22.6 Å². The summed E-state index contributed by atoms with van der Waals surface area (Å²) in [5.41, 5.74) is 8.90. The number of amides is 2. The van der Waals surface area contributed by atoms with Gasteiger partial charge in [-0.2, -0.15) is 0 Å². The largest absolute Gasteiger partial charge is 0.392 e. The molecule has 0 bridgehead atoms. The van der Waals surface area contributed by atoms with Crippen LogP contribution in [0.1, 0.15) is 98.1 Å². The molecule has 0 aliphatic carbocycles. The lowest BCUT2D eigenvalue weighted by Crippen LogP contribution is -2.38. The third-order valence-electron chi connectivity index (χ3n) is 10.6. The van der Waals surface area contributed by atoms with Crippen molar-refractivity contribution in [3.05, 3.63) is 143 Å². The van der Waals surface area contributed by atoms with Crippen LogP contribution < -0.4 is 10.8 Å². The lowest BCUT2D eigenvalue weighted by molar-refractivity contribution is -0.253. The van der Waals surface area contributed by atoms with Gasteiger partial charge in [0, 0.05) is 44.0 Å². The fourth-order valence-electron chi connectivity index (χ4n) is 7.20. The summed E-state index contributed by atoms with van der Waals surface area (Å²) >= 11 is 0. The van der Waals surface area contributed by atoms with Crippen LogP contribution in [0.2, 0.25) is 0 Å². The van der Waals surface area contributed by atoms with Gasteiger partial charge in [-0.25, -0.2) is 5.48 Å². The van der Waals surface area contributed by atoms with Crippen molar-refractivity contribution in [2.75, 3.05) is 13.6 Å². The molecule has 1 aliphatic rings. The van der Waals surface area contributed by atoms with E-state index in [4.69, 9.17) is 14.7 Å². The summed E-state index contributed by atoms with van der Waals surface area (Å²) in [6.45, 7) is 3.41. The Morgan fingerprint density at radius 3 is 2.18 bits per heavy atom. The van der Waals surface area contributed by atoms with Crippen LogP contribution >= 0.6 is 0 Å². The molecule has 0 spiro atoms. The fraction of sp³-hybridized carbons (Fsp3) is 0.348. The van der Waals surface area contributed by atoms with Gasteiger partial charge in [-0.05, 0) is 83.1 Å². The number of hydrogen-bond acceptors (Lipinski definition) is 7. The molecule has 9 nitrogen and oxygen atoms in total. The number of ether oxygens (including phenoxy) is 2. The van der Waals surface area contributed by atoms with Gasteiger partial charge in [0.05, 0.1) is 18.8 Å². The van der Waals surface area contributed by atoms with Crippen LogP contribution in [-0.2, 0) is 32.2 Å². The Kier molecular flexibility index (Phi) is 14.2. The minimum atomic E-state index is -0.554. The molecular formula is C46H53N3O6. The average molecular weight is 744 g/mol. The Morgan fingerprint density at radius 2 is 1.45 bits per heavy atom. The van der Waals surface area contributed by atoms with Crippen molar-refractivity contribution in [1.82, 2.24) is 15.7 Å². The Morgan fingerprint density at radius 1 is 0.745 bits per heavy atom. The van der Waals surface area contributed by atoms with Gasteiger partial charge < -0.3 is 19.9 Å². The smallest absolute Gasteiger partial charge is 0.243 e. The lowest BCUT2D eigenvalue weighted by atomic mass is 9.98. The molecular weight excluding hydrogens is 691 g/mol. The highest BCUT2D eigenvalue weighted by Crippen LogP contribution is 2.39. The van der Waals surface area contributed by atoms with Crippen LogP contribution in [0.25, 0.3) is 21.9 Å². The summed E-state index contributed by atoms with van der Waals surface area (Å²) in [7, 11) is 2.15. The first-order chi connectivity index (χ1) is 26.8. The monoisotopic (exact) mass is 743 g/mol. The van der Waals surface area contributed by atoms with Gasteiger partial charge in [0.1, 0.15) is 0 Å². The van der Waals surface area contributed by atoms with E-state index in [2.05, 4.69) is 103 Å². The van der Waals surface area contributed by atoms with Gasteiger partial charge in [0.15, 0.2) is 6.29 Å². The average Bonchev–Trinajstić information content (AvgIpc) is 3.23. The number of aliphatic hydroxyl groups is 1. The molecule has 0 radical (unpaired) electrons. The maximum Gasteiger partial charge on any atom is 0.243 e. The highest BCUT2D eigenvalue weighted by molar-refractivity contribution is 5.83. The van der Waals surface area contributed by atoms with Crippen molar-refractivity contribution in [3.8, 4) is 11.1 Å². The van der Waals surface area contributed by atoms with Gasteiger partial charge in [-0.1, -0.05) is 116 Å². The van der Waals surface area contributed by atoms with Crippen molar-refractivity contribution < 1.29 is 29.4 Å². The zero-order valence-corrected chi connectivity index (χ0v) is 31.8. The van der Waals surface area contributed by atoms with E-state index in [1.54, 1.807) is 5.48 Å². The van der Waals surface area contributed by atoms with Crippen molar-refractivity contribution in [1.29, 1.82) is 0 Å². The van der Waals surface area contributed by atoms with Gasteiger partial charge in [0.2, 0.25) is 11.8 Å². The zero-order valence-electron chi connectivity index (χ0n) is 31.8. The summed E-state index contributed by atoms with van der Waals surface area (Å²) in [4.78, 5) is 25.9. The minimum Gasteiger partial charge on any atom is -0.392 e. The molecule has 55 heavy (non-hydrogen) atoms. The Labute approximate surface area is 324 Å². The van der Waals surface area contributed by atoms with Crippen molar-refractivity contribution in [2.24, 2.45) is 0 Å². The number of aliphatic hydroxyl groups excluding tert-OH is 1. The molecule has 1 saturated heterocycles. The number of nitrogens with one attached hydrogen (secondary N) is 2. The predicted octanol–water partition coefficient (Wildman–Crippen LogP) is 8.70. The first-order valence-electron chi connectivity index (χ1n) is 19.4. The molecule has 0 aromatic heterocycles. The molecule has 0 saturated carbocycles. The first-order valence-corrected chi connectivity index (χ1v) is 19.4. The van der Waals surface area contributed by atoms with E-state index in [9.17, 15) is 14.7 Å². The van der Waals surface area contributed by atoms with E-state index in [0.29, 0.717) is 25.8 Å². The summed E-state index contributed by atoms with van der Waals surface area (Å²) in [6, 6.07) is 39.8. The molecule has 4 atom stereocenters. The fourth-order valence-corrected chi connectivity index (χ4v) is 7.20. The quantitative estimate of drug-likeness (QED) is 0.0427. The SMILES string of the molecule is CC(c1ccc2ccccc2c1)N(C)CC1CC(c2ccc(CO)cc2)OC(c2ccc(-c3cccc(CNC(=O)CCCCCCC(=O)NO)c3)cc2)O1. The summed E-state index contributed by atoms with van der Waals surface area (Å²) < 4.78 is 13.4. The second kappa shape index (κ2) is 19.6. The Hall–Kier alpha value is -4.90. The number of hydroxylamine groups is 1. The molecule has 5 aromatic rings. The van der Waals surface area contributed by atoms with Crippen molar-refractivity contribution in [2.45, 2.75) is 89.6 Å². The highest BCUT2D eigenvalue weighted by atomic mass is 16.7. The van der Waals surface area contributed by atoms with E-state index in [0.717, 1.165) is 59.2 Å². The van der Waals surface area contributed by atoms with Crippen LogP contribution in [0, 0.1) is 0 Å². The van der Waals surface area contributed by atoms with E-state index < -0.39 is 6.29 Å². The number of benzene rings is 5. The molecule has 4 unspecified atom stereocenters. The lowest BCUT2D eigenvalue weighted by Gasteiger charge is -2.39. The number of unbranched alkanes of at least 4 members (excludes halogenated alkanes) is 3. The van der Waals surface area contributed by atoms with Gasteiger partial charge in [-0.15, -0.1) is 0 Å². The topological polar surface area (TPSA) is 120 Å². The van der Waals surface area contributed by atoms with Crippen LogP contribution in [0.5, 0.6) is 0 Å². The normalized spacial score (nSPS) is 17.6. The van der Waals surface area contributed by atoms with E-state index in [1.807, 2.05) is 36.4 Å². The van der Waals surface area contributed by atoms with Crippen LogP contribution in [0.15, 0.2) is 115 Å². The summed E-state index contributed by atoms with van der Waals surface area (Å²) in [5.74, 6) is -0.374. The maximum absolute atomic E-state index is 12.5. The zero-order chi connectivity index (χ0) is 38.6. The van der Waals surface area contributed by atoms with Gasteiger partial charge in [-0.3, -0.25) is 19.7 Å². The number of likely N-dealkylation sites (N-methyl/N-ethyl adjacent to an activating group) is 1. The standard InChI is InChI=1S/C46H53N3O6/c1-32(39-25-22-35-11-7-8-12-41(35)27-39)49(2)30-42-28-43(37-18-16-33(31-50)17-19-37)55-46(54-42)38-23-20-36(21-24-38)40-13-9-10-34(26-40)29-47-44(51)14-5-3-4-6-15-45(52)48-53/h7-13,16-27,32,42-43,46,50,53H,3-6,14-15,28-31H2,1-2H3,(H,47,51)(H,48,52). The maximum atomic E-state index is 12.5. The molecule has 4 N–H and O–H groups in total. The van der Waals surface area contributed by atoms with E-state index in [-0.39, 0.29) is 43.1 Å². The number of carbonyl (C=O) groups excluding carboxylic acids is 2. The number of hydrogen-bond donors (Lipinski definition) is 4. The molecule has 1 fully saturated rings. The molecule has 1 heterocycles. The predicted molar refractivity (Wildman–Crippen MR) is 215 cm³/mol.